The number of benzene rings is 1. The van der Waals surface area contributed by atoms with Crippen molar-refractivity contribution in [2.24, 2.45) is 0 Å². The molecule has 0 atom stereocenters. The van der Waals surface area contributed by atoms with E-state index in [0.717, 1.165) is 18.4 Å². The molecule has 0 aliphatic carbocycles. The third-order valence-electron chi connectivity index (χ3n) is 2.48. The van der Waals surface area contributed by atoms with Crippen LogP contribution in [0.25, 0.3) is 11.5 Å². The third kappa shape index (κ3) is 8.11. The number of rotatable bonds is 4. The second-order valence-electron chi connectivity index (χ2n) is 4.32. The highest BCUT2D eigenvalue weighted by Gasteiger charge is 2.30. The van der Waals surface area contributed by atoms with Crippen LogP contribution in [0.5, 0.6) is 0 Å². The fourth-order valence-corrected chi connectivity index (χ4v) is 1.51. The van der Waals surface area contributed by atoms with Crippen LogP contribution in [0.1, 0.15) is 45.9 Å². The molecule has 0 bridgehead atoms. The van der Waals surface area contributed by atoms with E-state index in [4.69, 9.17) is 4.42 Å². The Morgan fingerprint density at radius 3 is 1.92 bits per heavy atom. The minimum absolute atomic E-state index is 0.0294. The number of nitrogens with zero attached hydrogens (tertiary/aromatic N) is 1. The molecule has 8 heteroatoms. The Labute approximate surface area is 143 Å². The Balaban J connectivity index is 0.00000134. The van der Waals surface area contributed by atoms with Crippen LogP contribution < -0.4 is 0 Å². The van der Waals surface area contributed by atoms with E-state index in [1.165, 1.54) is 12.1 Å². The zero-order chi connectivity index (χ0) is 19.7. The summed E-state index contributed by atoms with van der Waals surface area (Å²) >= 11 is 0. The van der Waals surface area contributed by atoms with Gasteiger partial charge in [0.1, 0.15) is 12.0 Å². The lowest BCUT2D eigenvalue weighted by molar-refractivity contribution is -0.231. The standard InChI is InChI=1S/C13H10F5NO2.2C2H6/c1-12(14,15)21-7-10-6-20-11(19-10)8-2-4-9(5-3-8)13(16,17)18;2*1-2/h2-6H,7H2,1H3;2*1-2H3. The summed E-state index contributed by atoms with van der Waals surface area (Å²) in [6.07, 6.45) is -6.62. The molecule has 0 radical (unpaired) electrons. The zero-order valence-electron chi connectivity index (χ0n) is 14.7. The second kappa shape index (κ2) is 10.1. The van der Waals surface area contributed by atoms with Gasteiger partial charge in [0.25, 0.3) is 0 Å². The van der Waals surface area contributed by atoms with Gasteiger partial charge in [0.05, 0.1) is 12.2 Å². The smallest absolute Gasteiger partial charge is 0.416 e. The number of hydrogen-bond donors (Lipinski definition) is 0. The summed E-state index contributed by atoms with van der Waals surface area (Å²) in [6.45, 7) is 8.12. The number of oxazole rings is 1. The highest BCUT2D eigenvalue weighted by Crippen LogP contribution is 2.30. The average molecular weight is 367 g/mol. The Hall–Kier alpha value is -1.96. The summed E-state index contributed by atoms with van der Waals surface area (Å²) in [5, 5.41) is 0. The number of alkyl halides is 5. The van der Waals surface area contributed by atoms with Crippen molar-refractivity contribution < 1.29 is 31.1 Å². The summed E-state index contributed by atoms with van der Waals surface area (Å²) in [5.41, 5.74) is -0.379. The minimum Gasteiger partial charge on any atom is -0.444 e. The maximum absolute atomic E-state index is 12.5. The summed E-state index contributed by atoms with van der Waals surface area (Å²) in [7, 11) is 0. The molecule has 25 heavy (non-hydrogen) atoms. The number of halogens is 5. The summed E-state index contributed by atoms with van der Waals surface area (Å²) in [5.74, 6) is 0.0294. The first kappa shape index (κ1) is 23.0. The highest BCUT2D eigenvalue weighted by atomic mass is 19.4. The molecule has 3 nitrogen and oxygen atoms in total. The molecule has 0 unspecified atom stereocenters. The van der Waals surface area contributed by atoms with E-state index in [-0.39, 0.29) is 11.6 Å². The summed E-state index contributed by atoms with van der Waals surface area (Å²) < 4.78 is 71.5. The van der Waals surface area contributed by atoms with Crippen LogP contribution in [0.4, 0.5) is 22.0 Å². The van der Waals surface area contributed by atoms with Crippen molar-refractivity contribution in [2.75, 3.05) is 0 Å². The van der Waals surface area contributed by atoms with Crippen molar-refractivity contribution in [3.8, 4) is 11.5 Å². The van der Waals surface area contributed by atoms with Crippen LogP contribution in [-0.4, -0.2) is 11.1 Å². The first-order valence-corrected chi connectivity index (χ1v) is 7.79. The van der Waals surface area contributed by atoms with Gasteiger partial charge >= 0.3 is 12.3 Å². The van der Waals surface area contributed by atoms with E-state index in [2.05, 4.69) is 9.72 Å². The van der Waals surface area contributed by atoms with Crippen molar-refractivity contribution >= 4 is 0 Å². The van der Waals surface area contributed by atoms with Gasteiger partial charge in [0.2, 0.25) is 5.89 Å². The van der Waals surface area contributed by atoms with Gasteiger partial charge in [-0.15, -0.1) is 0 Å². The van der Waals surface area contributed by atoms with Crippen LogP contribution in [0.15, 0.2) is 34.9 Å². The predicted octanol–water partition coefficient (Wildman–Crippen LogP) is 6.54. The molecule has 1 heterocycles. The van der Waals surface area contributed by atoms with Crippen LogP contribution >= 0.6 is 0 Å². The van der Waals surface area contributed by atoms with Crippen LogP contribution in [0.3, 0.4) is 0 Å². The van der Waals surface area contributed by atoms with E-state index in [1.54, 1.807) is 0 Å². The van der Waals surface area contributed by atoms with Gasteiger partial charge in [-0.2, -0.15) is 22.0 Å². The molecule has 0 amide bonds. The Kier molecular flexibility index (Phi) is 9.33. The molecular formula is C17H22F5NO2. The molecular weight excluding hydrogens is 345 g/mol. The van der Waals surface area contributed by atoms with Crippen molar-refractivity contribution in [3.63, 3.8) is 0 Å². The molecule has 2 rings (SSSR count). The predicted molar refractivity (Wildman–Crippen MR) is 85.0 cm³/mol. The maximum Gasteiger partial charge on any atom is 0.416 e. The quantitative estimate of drug-likeness (QED) is 0.575. The molecule has 2 aromatic rings. The molecule has 0 saturated heterocycles. The zero-order valence-corrected chi connectivity index (χ0v) is 14.7. The van der Waals surface area contributed by atoms with Gasteiger partial charge in [0.15, 0.2) is 0 Å². The van der Waals surface area contributed by atoms with Gasteiger partial charge in [-0.05, 0) is 24.3 Å². The minimum atomic E-state index is -4.43. The highest BCUT2D eigenvalue weighted by molar-refractivity contribution is 5.53. The molecule has 0 saturated carbocycles. The Morgan fingerprint density at radius 2 is 1.48 bits per heavy atom. The molecule has 0 aliphatic heterocycles. The number of aromatic nitrogens is 1. The van der Waals surface area contributed by atoms with Gasteiger partial charge in [-0.1, -0.05) is 27.7 Å². The first-order valence-electron chi connectivity index (χ1n) is 7.79. The average Bonchev–Trinajstić information content (AvgIpc) is 3.04. The van der Waals surface area contributed by atoms with E-state index in [9.17, 15) is 22.0 Å². The van der Waals surface area contributed by atoms with E-state index >= 15 is 0 Å². The van der Waals surface area contributed by atoms with E-state index in [1.807, 2.05) is 27.7 Å². The molecule has 0 fully saturated rings. The molecule has 0 aliphatic rings. The SMILES string of the molecule is CC.CC.CC(F)(F)OCc1coc(-c2ccc(C(F)(F)F)cc2)n1. The monoisotopic (exact) mass is 367 g/mol. The molecule has 0 N–H and O–H groups in total. The van der Waals surface area contributed by atoms with Crippen molar-refractivity contribution in [1.29, 1.82) is 0 Å². The molecule has 142 valence electrons. The molecule has 1 aromatic heterocycles. The van der Waals surface area contributed by atoms with E-state index in [0.29, 0.717) is 12.5 Å². The normalized spacial score (nSPS) is 11.1. The fraction of sp³-hybridized carbons (Fsp3) is 0.471. The molecule has 0 spiro atoms. The van der Waals surface area contributed by atoms with Crippen molar-refractivity contribution in [1.82, 2.24) is 4.98 Å². The Bertz CT molecular complexity index is 601. The van der Waals surface area contributed by atoms with Gasteiger partial charge < -0.3 is 9.15 Å². The number of hydrogen-bond acceptors (Lipinski definition) is 3. The van der Waals surface area contributed by atoms with Crippen LogP contribution in [-0.2, 0) is 17.5 Å². The third-order valence-corrected chi connectivity index (χ3v) is 2.48. The topological polar surface area (TPSA) is 35.3 Å². The molecule has 1 aromatic carbocycles. The maximum atomic E-state index is 12.5. The van der Waals surface area contributed by atoms with Gasteiger partial charge in [-0.25, -0.2) is 4.98 Å². The van der Waals surface area contributed by atoms with Crippen molar-refractivity contribution in [2.45, 2.75) is 53.5 Å². The lowest BCUT2D eigenvalue weighted by atomic mass is 10.1. The lowest BCUT2D eigenvalue weighted by Crippen LogP contribution is -2.14. The summed E-state index contributed by atoms with van der Waals surface area (Å²) in [6, 6.07) is 4.15. The van der Waals surface area contributed by atoms with Gasteiger partial charge in [-0.3, -0.25) is 0 Å². The van der Waals surface area contributed by atoms with E-state index < -0.39 is 24.5 Å². The lowest BCUT2D eigenvalue weighted by Gasteiger charge is -2.08. The fourth-order valence-electron chi connectivity index (χ4n) is 1.51. The van der Waals surface area contributed by atoms with Crippen LogP contribution in [0.2, 0.25) is 0 Å². The summed E-state index contributed by atoms with van der Waals surface area (Å²) in [4.78, 5) is 3.87. The first-order chi connectivity index (χ1) is 11.6. The van der Waals surface area contributed by atoms with Crippen molar-refractivity contribution in [3.05, 3.63) is 41.8 Å². The second-order valence-corrected chi connectivity index (χ2v) is 4.32. The Morgan fingerprint density at radius 1 is 0.960 bits per heavy atom. The largest absolute Gasteiger partial charge is 0.444 e. The van der Waals surface area contributed by atoms with Crippen LogP contribution in [0, 0.1) is 0 Å². The number of ether oxygens (including phenoxy) is 1. The van der Waals surface area contributed by atoms with Gasteiger partial charge in [0, 0.05) is 12.5 Å².